The SMILES string of the molecule is CN(Cc1cnn(C)c1)C(CN)c1cc(Cl)ccc1Cl. The zero-order valence-corrected chi connectivity index (χ0v) is 13.1. The van der Waals surface area contributed by atoms with Gasteiger partial charge in [-0.15, -0.1) is 0 Å². The topological polar surface area (TPSA) is 47.1 Å². The lowest BCUT2D eigenvalue weighted by molar-refractivity contribution is 0.242. The third-order valence-electron chi connectivity index (χ3n) is 3.26. The van der Waals surface area contributed by atoms with E-state index < -0.39 is 0 Å². The molecule has 2 N–H and O–H groups in total. The van der Waals surface area contributed by atoms with E-state index in [1.807, 2.05) is 32.6 Å². The molecule has 1 unspecified atom stereocenters. The fourth-order valence-corrected chi connectivity index (χ4v) is 2.69. The Morgan fingerprint density at radius 2 is 2.15 bits per heavy atom. The van der Waals surface area contributed by atoms with Crippen LogP contribution < -0.4 is 5.73 Å². The first-order chi connectivity index (χ1) is 9.51. The number of halogens is 2. The van der Waals surface area contributed by atoms with Crippen LogP contribution in [0.25, 0.3) is 0 Å². The Balaban J connectivity index is 2.20. The molecule has 2 rings (SSSR count). The lowest BCUT2D eigenvalue weighted by Gasteiger charge is -2.27. The Bertz CT molecular complexity index is 582. The zero-order chi connectivity index (χ0) is 14.7. The molecule has 1 aromatic carbocycles. The van der Waals surface area contributed by atoms with E-state index in [1.54, 1.807) is 16.8 Å². The van der Waals surface area contributed by atoms with Crippen LogP contribution in [-0.2, 0) is 13.6 Å². The summed E-state index contributed by atoms with van der Waals surface area (Å²) in [6.07, 6.45) is 3.84. The summed E-state index contributed by atoms with van der Waals surface area (Å²) in [5, 5.41) is 5.52. The molecule has 0 fully saturated rings. The Morgan fingerprint density at radius 3 is 2.75 bits per heavy atom. The highest BCUT2D eigenvalue weighted by Crippen LogP contribution is 2.29. The Labute approximate surface area is 129 Å². The van der Waals surface area contributed by atoms with Gasteiger partial charge < -0.3 is 5.73 Å². The van der Waals surface area contributed by atoms with Crippen LogP contribution in [0.3, 0.4) is 0 Å². The van der Waals surface area contributed by atoms with Gasteiger partial charge in [0.25, 0.3) is 0 Å². The van der Waals surface area contributed by atoms with Crippen LogP contribution in [0, 0.1) is 0 Å². The van der Waals surface area contributed by atoms with E-state index >= 15 is 0 Å². The number of aromatic nitrogens is 2. The van der Waals surface area contributed by atoms with E-state index in [9.17, 15) is 0 Å². The summed E-state index contributed by atoms with van der Waals surface area (Å²) in [5.41, 5.74) is 8.00. The summed E-state index contributed by atoms with van der Waals surface area (Å²) >= 11 is 12.3. The van der Waals surface area contributed by atoms with Gasteiger partial charge in [0.1, 0.15) is 0 Å². The molecule has 108 valence electrons. The smallest absolute Gasteiger partial charge is 0.0534 e. The van der Waals surface area contributed by atoms with Crippen molar-refractivity contribution in [1.29, 1.82) is 0 Å². The van der Waals surface area contributed by atoms with Crippen molar-refractivity contribution in [1.82, 2.24) is 14.7 Å². The molecule has 0 aliphatic carbocycles. The lowest BCUT2D eigenvalue weighted by Crippen LogP contribution is -2.30. The molecule has 1 aromatic heterocycles. The van der Waals surface area contributed by atoms with Crippen LogP contribution in [0.2, 0.25) is 10.0 Å². The highest BCUT2D eigenvalue weighted by molar-refractivity contribution is 6.33. The highest BCUT2D eigenvalue weighted by atomic mass is 35.5. The van der Waals surface area contributed by atoms with Crippen LogP contribution in [0.5, 0.6) is 0 Å². The van der Waals surface area contributed by atoms with E-state index in [0.717, 1.165) is 17.7 Å². The third kappa shape index (κ3) is 3.52. The monoisotopic (exact) mass is 312 g/mol. The second-order valence-electron chi connectivity index (χ2n) is 4.85. The molecule has 20 heavy (non-hydrogen) atoms. The Hall–Kier alpha value is -1.07. The van der Waals surface area contributed by atoms with Crippen molar-refractivity contribution >= 4 is 23.2 Å². The minimum absolute atomic E-state index is 0.0152. The van der Waals surface area contributed by atoms with Crippen molar-refractivity contribution in [2.75, 3.05) is 13.6 Å². The molecule has 0 saturated carbocycles. The van der Waals surface area contributed by atoms with Crippen LogP contribution in [-0.4, -0.2) is 28.3 Å². The van der Waals surface area contributed by atoms with Gasteiger partial charge in [0, 0.05) is 48.0 Å². The van der Waals surface area contributed by atoms with Gasteiger partial charge in [-0.25, -0.2) is 0 Å². The van der Waals surface area contributed by atoms with Crippen LogP contribution in [0.4, 0.5) is 0 Å². The number of nitrogens with two attached hydrogens (primary N) is 1. The molecule has 2 aromatic rings. The normalized spacial score (nSPS) is 12.9. The fraction of sp³-hybridized carbons (Fsp3) is 0.357. The maximum atomic E-state index is 6.26. The maximum Gasteiger partial charge on any atom is 0.0534 e. The molecule has 0 saturated heterocycles. The molecular formula is C14H18Cl2N4. The molecule has 1 heterocycles. The number of nitrogens with zero attached hydrogens (tertiary/aromatic N) is 3. The molecule has 0 aliphatic rings. The van der Waals surface area contributed by atoms with Gasteiger partial charge in [0.2, 0.25) is 0 Å². The first-order valence-electron chi connectivity index (χ1n) is 6.34. The van der Waals surface area contributed by atoms with Gasteiger partial charge in [0.15, 0.2) is 0 Å². The number of hydrogen-bond donors (Lipinski definition) is 1. The first-order valence-corrected chi connectivity index (χ1v) is 7.09. The molecule has 0 aliphatic heterocycles. The van der Waals surface area contributed by atoms with E-state index in [1.165, 1.54) is 0 Å². The molecule has 0 bridgehead atoms. The average Bonchev–Trinajstić information content (AvgIpc) is 2.80. The quantitative estimate of drug-likeness (QED) is 0.923. The summed E-state index contributed by atoms with van der Waals surface area (Å²) in [4.78, 5) is 2.15. The molecule has 6 heteroatoms. The predicted octanol–water partition coefficient (Wildman–Crippen LogP) is 2.86. The lowest BCUT2D eigenvalue weighted by atomic mass is 10.1. The first kappa shape index (κ1) is 15.3. The van der Waals surface area contributed by atoms with E-state index in [4.69, 9.17) is 28.9 Å². The molecule has 4 nitrogen and oxygen atoms in total. The van der Waals surface area contributed by atoms with Gasteiger partial charge >= 0.3 is 0 Å². The molecular weight excluding hydrogens is 295 g/mol. The summed E-state index contributed by atoms with van der Waals surface area (Å²) in [5.74, 6) is 0. The molecule has 0 spiro atoms. The van der Waals surface area contributed by atoms with Gasteiger partial charge in [-0.2, -0.15) is 5.10 Å². The van der Waals surface area contributed by atoms with Crippen molar-refractivity contribution in [2.24, 2.45) is 12.8 Å². The summed E-state index contributed by atoms with van der Waals surface area (Å²) in [6, 6.07) is 5.48. The van der Waals surface area contributed by atoms with Crippen LogP contribution in [0.1, 0.15) is 17.2 Å². The number of benzene rings is 1. The second kappa shape index (κ2) is 6.59. The minimum Gasteiger partial charge on any atom is -0.329 e. The molecule has 0 amide bonds. The maximum absolute atomic E-state index is 6.26. The van der Waals surface area contributed by atoms with Crippen LogP contribution >= 0.6 is 23.2 Å². The standard InChI is InChI=1S/C14H18Cl2N4/c1-19(8-10-7-18-20(2)9-10)14(6-17)12-5-11(15)3-4-13(12)16/h3-5,7,9,14H,6,8,17H2,1-2H3. The number of likely N-dealkylation sites (N-methyl/N-ethyl adjacent to an activating group) is 1. The van der Waals surface area contributed by atoms with E-state index in [2.05, 4.69) is 10.00 Å². The van der Waals surface area contributed by atoms with Crippen molar-refractivity contribution in [3.63, 3.8) is 0 Å². The molecule has 1 atom stereocenters. The van der Waals surface area contributed by atoms with Gasteiger partial charge in [-0.1, -0.05) is 23.2 Å². The van der Waals surface area contributed by atoms with Crippen molar-refractivity contribution in [2.45, 2.75) is 12.6 Å². The largest absolute Gasteiger partial charge is 0.329 e. The fourth-order valence-electron chi connectivity index (χ4n) is 2.27. The van der Waals surface area contributed by atoms with E-state index in [0.29, 0.717) is 16.6 Å². The van der Waals surface area contributed by atoms with E-state index in [-0.39, 0.29) is 6.04 Å². The molecule has 0 radical (unpaired) electrons. The van der Waals surface area contributed by atoms with Crippen LogP contribution in [0.15, 0.2) is 30.6 Å². The Kier molecular flexibility index (Phi) is 5.05. The van der Waals surface area contributed by atoms with Crippen molar-refractivity contribution in [3.8, 4) is 0 Å². The second-order valence-corrected chi connectivity index (χ2v) is 5.70. The van der Waals surface area contributed by atoms with Crippen molar-refractivity contribution < 1.29 is 0 Å². The predicted molar refractivity (Wildman–Crippen MR) is 82.9 cm³/mol. The zero-order valence-electron chi connectivity index (χ0n) is 11.6. The number of aryl methyl sites for hydroxylation is 1. The van der Waals surface area contributed by atoms with Gasteiger partial charge in [-0.3, -0.25) is 9.58 Å². The number of rotatable bonds is 5. The summed E-state index contributed by atoms with van der Waals surface area (Å²) in [6.45, 7) is 1.22. The minimum atomic E-state index is 0.0152. The summed E-state index contributed by atoms with van der Waals surface area (Å²) in [7, 11) is 3.92. The van der Waals surface area contributed by atoms with Gasteiger partial charge in [-0.05, 0) is 30.8 Å². The Morgan fingerprint density at radius 1 is 1.40 bits per heavy atom. The average molecular weight is 313 g/mol. The van der Waals surface area contributed by atoms with Crippen molar-refractivity contribution in [3.05, 3.63) is 51.8 Å². The summed E-state index contributed by atoms with van der Waals surface area (Å²) < 4.78 is 1.78. The van der Waals surface area contributed by atoms with Gasteiger partial charge in [0.05, 0.1) is 6.20 Å². The third-order valence-corrected chi connectivity index (χ3v) is 3.84. The number of hydrogen-bond acceptors (Lipinski definition) is 3. The highest BCUT2D eigenvalue weighted by Gasteiger charge is 2.19.